The van der Waals surface area contributed by atoms with Crippen molar-refractivity contribution in [3.63, 3.8) is 0 Å². The lowest BCUT2D eigenvalue weighted by atomic mass is 9.85. The molecule has 3 N–H and O–H groups in total. The average molecular weight is 262 g/mol. The number of carbonyl (C=O) groups is 1. The van der Waals surface area contributed by atoms with Crippen molar-refractivity contribution < 1.29 is 4.79 Å². The van der Waals surface area contributed by atoms with Gasteiger partial charge in [-0.05, 0) is 25.0 Å². The molecule has 0 aromatic carbocycles. The molecule has 0 atom stereocenters. The predicted molar refractivity (Wildman–Crippen MR) is 77.1 cm³/mol. The van der Waals surface area contributed by atoms with E-state index >= 15 is 0 Å². The highest BCUT2D eigenvalue weighted by Crippen LogP contribution is 2.38. The first-order valence-electron chi connectivity index (χ1n) is 6.73. The van der Waals surface area contributed by atoms with E-state index in [1.165, 1.54) is 0 Å². The van der Waals surface area contributed by atoms with Crippen LogP contribution in [0.4, 0.5) is 11.5 Å². The van der Waals surface area contributed by atoms with Crippen molar-refractivity contribution in [3.05, 3.63) is 18.3 Å². The lowest BCUT2D eigenvalue weighted by Gasteiger charge is -2.26. The topological polar surface area (TPSA) is 71.2 Å². The summed E-state index contributed by atoms with van der Waals surface area (Å²) in [6.07, 6.45) is 5.65. The summed E-state index contributed by atoms with van der Waals surface area (Å²) in [5, 5.41) is 3.00. The van der Waals surface area contributed by atoms with Gasteiger partial charge in [-0.3, -0.25) is 4.79 Å². The van der Waals surface area contributed by atoms with Crippen molar-refractivity contribution in [1.82, 2.24) is 4.98 Å². The van der Waals surface area contributed by atoms with E-state index in [2.05, 4.69) is 10.3 Å². The molecule has 5 nitrogen and oxygen atoms in total. The first-order valence-corrected chi connectivity index (χ1v) is 6.73. The number of rotatable bonds is 4. The van der Waals surface area contributed by atoms with Gasteiger partial charge in [0, 0.05) is 26.8 Å². The normalized spacial score (nSPS) is 17.2. The Labute approximate surface area is 114 Å². The molecule has 0 radical (unpaired) electrons. The zero-order chi connectivity index (χ0) is 13.9. The van der Waals surface area contributed by atoms with Crippen LogP contribution in [0.1, 0.15) is 25.7 Å². The average Bonchev–Trinajstić information content (AvgIpc) is 2.89. The van der Waals surface area contributed by atoms with Crippen LogP contribution >= 0.6 is 0 Å². The molecular weight excluding hydrogens is 240 g/mol. The molecule has 5 heteroatoms. The largest absolute Gasteiger partial charge is 0.361 e. The smallest absolute Gasteiger partial charge is 0.231 e. The SMILES string of the molecule is CN(C)c1ncccc1NC(=O)C1(CN)CCCC1. The van der Waals surface area contributed by atoms with Crippen molar-refractivity contribution in [2.75, 3.05) is 30.9 Å². The number of hydrogen-bond acceptors (Lipinski definition) is 4. The summed E-state index contributed by atoms with van der Waals surface area (Å²) in [7, 11) is 3.82. The number of hydrogen-bond donors (Lipinski definition) is 2. The zero-order valence-electron chi connectivity index (χ0n) is 11.6. The van der Waals surface area contributed by atoms with Gasteiger partial charge in [-0.15, -0.1) is 0 Å². The first kappa shape index (κ1) is 13.8. The van der Waals surface area contributed by atoms with Crippen molar-refractivity contribution in [2.45, 2.75) is 25.7 Å². The van der Waals surface area contributed by atoms with Crippen LogP contribution in [-0.2, 0) is 4.79 Å². The fraction of sp³-hybridized carbons (Fsp3) is 0.571. The third-order valence-corrected chi connectivity index (χ3v) is 3.89. The second kappa shape index (κ2) is 5.57. The third kappa shape index (κ3) is 2.71. The molecular formula is C14H22N4O. The number of carbonyl (C=O) groups excluding carboxylic acids is 1. The number of aromatic nitrogens is 1. The van der Waals surface area contributed by atoms with Crippen LogP contribution in [0.2, 0.25) is 0 Å². The maximum absolute atomic E-state index is 12.5. The molecule has 2 rings (SSSR count). The molecule has 104 valence electrons. The van der Waals surface area contributed by atoms with Crippen LogP contribution in [0.15, 0.2) is 18.3 Å². The predicted octanol–water partition coefficient (Wildman–Crippen LogP) is 1.61. The third-order valence-electron chi connectivity index (χ3n) is 3.89. The minimum atomic E-state index is -0.389. The number of pyridine rings is 1. The van der Waals surface area contributed by atoms with Gasteiger partial charge in [0.2, 0.25) is 5.91 Å². The minimum Gasteiger partial charge on any atom is -0.361 e. The van der Waals surface area contributed by atoms with Gasteiger partial charge in [0.05, 0.1) is 11.1 Å². The summed E-state index contributed by atoms with van der Waals surface area (Å²) in [6.45, 7) is 0.413. The molecule has 1 amide bonds. The van der Waals surface area contributed by atoms with Gasteiger partial charge >= 0.3 is 0 Å². The summed E-state index contributed by atoms with van der Waals surface area (Å²) in [6, 6.07) is 3.70. The van der Waals surface area contributed by atoms with Gasteiger partial charge in [-0.1, -0.05) is 12.8 Å². The quantitative estimate of drug-likeness (QED) is 0.864. The molecule has 1 heterocycles. The van der Waals surface area contributed by atoms with Crippen LogP contribution in [0.25, 0.3) is 0 Å². The van der Waals surface area contributed by atoms with Gasteiger partial charge < -0.3 is 16.0 Å². The van der Waals surface area contributed by atoms with Crippen molar-refractivity contribution in [1.29, 1.82) is 0 Å². The van der Waals surface area contributed by atoms with Crippen molar-refractivity contribution in [3.8, 4) is 0 Å². The Morgan fingerprint density at radius 1 is 1.47 bits per heavy atom. The number of nitrogens with zero attached hydrogens (tertiary/aromatic N) is 2. The monoisotopic (exact) mass is 262 g/mol. The van der Waals surface area contributed by atoms with Crippen LogP contribution < -0.4 is 16.0 Å². The fourth-order valence-corrected chi connectivity index (χ4v) is 2.68. The molecule has 0 aliphatic heterocycles. The summed E-state index contributed by atoms with van der Waals surface area (Å²) in [4.78, 5) is 18.7. The molecule has 0 saturated heterocycles. The number of anilines is 2. The maximum Gasteiger partial charge on any atom is 0.231 e. The molecule has 0 unspecified atom stereocenters. The molecule has 0 spiro atoms. The molecule has 1 aromatic heterocycles. The zero-order valence-corrected chi connectivity index (χ0v) is 11.6. The molecule has 0 bridgehead atoms. The molecule has 1 aliphatic carbocycles. The second-order valence-electron chi connectivity index (χ2n) is 5.41. The highest BCUT2D eigenvalue weighted by atomic mass is 16.2. The van der Waals surface area contributed by atoms with Gasteiger partial charge in [-0.25, -0.2) is 4.98 Å². The number of nitrogens with two attached hydrogens (primary N) is 1. The lowest BCUT2D eigenvalue weighted by Crippen LogP contribution is -2.40. The highest BCUT2D eigenvalue weighted by molar-refractivity contribution is 5.97. The van der Waals surface area contributed by atoms with E-state index in [1.54, 1.807) is 6.20 Å². The second-order valence-corrected chi connectivity index (χ2v) is 5.41. The van der Waals surface area contributed by atoms with E-state index in [9.17, 15) is 4.79 Å². The van der Waals surface area contributed by atoms with Gasteiger partial charge in [0.15, 0.2) is 5.82 Å². The molecule has 1 fully saturated rings. The molecule has 1 saturated carbocycles. The Bertz CT molecular complexity index is 453. The van der Waals surface area contributed by atoms with Gasteiger partial charge in [0.1, 0.15) is 0 Å². The fourth-order valence-electron chi connectivity index (χ4n) is 2.68. The van der Waals surface area contributed by atoms with Gasteiger partial charge in [0.25, 0.3) is 0 Å². The van der Waals surface area contributed by atoms with Crippen LogP contribution in [0.3, 0.4) is 0 Å². The van der Waals surface area contributed by atoms with Crippen molar-refractivity contribution in [2.24, 2.45) is 11.1 Å². The Hall–Kier alpha value is -1.62. The van der Waals surface area contributed by atoms with E-state index < -0.39 is 0 Å². The van der Waals surface area contributed by atoms with E-state index in [1.807, 2.05) is 31.1 Å². The van der Waals surface area contributed by atoms with Crippen LogP contribution in [-0.4, -0.2) is 31.5 Å². The molecule has 1 aromatic rings. The van der Waals surface area contributed by atoms with Gasteiger partial charge in [-0.2, -0.15) is 0 Å². The van der Waals surface area contributed by atoms with Crippen molar-refractivity contribution >= 4 is 17.4 Å². The minimum absolute atomic E-state index is 0.0311. The number of amides is 1. The van der Waals surface area contributed by atoms with Crippen LogP contribution in [0, 0.1) is 5.41 Å². The first-order chi connectivity index (χ1) is 9.09. The maximum atomic E-state index is 12.5. The Morgan fingerprint density at radius 2 is 2.16 bits per heavy atom. The molecule has 19 heavy (non-hydrogen) atoms. The van der Waals surface area contributed by atoms with E-state index in [4.69, 9.17) is 5.73 Å². The Morgan fingerprint density at radius 3 is 2.74 bits per heavy atom. The van der Waals surface area contributed by atoms with E-state index in [0.717, 1.165) is 37.2 Å². The van der Waals surface area contributed by atoms with Crippen LogP contribution in [0.5, 0.6) is 0 Å². The molecule has 1 aliphatic rings. The number of nitrogens with one attached hydrogen (secondary N) is 1. The Kier molecular flexibility index (Phi) is 4.04. The van der Waals surface area contributed by atoms with E-state index in [-0.39, 0.29) is 11.3 Å². The summed E-state index contributed by atoms with van der Waals surface area (Å²) in [5.74, 6) is 0.796. The summed E-state index contributed by atoms with van der Waals surface area (Å²) < 4.78 is 0. The van der Waals surface area contributed by atoms with E-state index in [0.29, 0.717) is 6.54 Å². The summed E-state index contributed by atoms with van der Waals surface area (Å²) in [5.41, 5.74) is 6.19. The highest BCUT2D eigenvalue weighted by Gasteiger charge is 2.40. The Balaban J connectivity index is 2.19. The summed E-state index contributed by atoms with van der Waals surface area (Å²) >= 11 is 0. The lowest BCUT2D eigenvalue weighted by molar-refractivity contribution is -0.124. The standard InChI is InChI=1S/C14H22N4O/c1-18(2)12-11(6-5-9-16-12)17-13(19)14(10-15)7-3-4-8-14/h5-6,9H,3-4,7-8,10,15H2,1-2H3,(H,17,19).